The van der Waals surface area contributed by atoms with E-state index in [1.54, 1.807) is 12.1 Å². The molecule has 2 amide bonds. The molecule has 2 N–H and O–H groups in total. The summed E-state index contributed by atoms with van der Waals surface area (Å²) < 4.78 is 11.0. The first kappa shape index (κ1) is 19.2. The Kier molecular flexibility index (Phi) is 6.34. The van der Waals surface area contributed by atoms with Crippen molar-refractivity contribution < 1.29 is 13.9 Å². The molecular formula is C20H27N3O4. The number of urea groups is 1. The number of rotatable bonds is 6. The molecule has 0 bridgehead atoms. The van der Waals surface area contributed by atoms with Gasteiger partial charge in [-0.2, -0.15) is 0 Å². The SMILES string of the molecule is CCNC(=O)N1CCC(N[C@H](C)COc2ccc3ccc(=O)oc3c2)CC1. The van der Waals surface area contributed by atoms with Crippen molar-refractivity contribution in [1.29, 1.82) is 0 Å². The molecule has 0 radical (unpaired) electrons. The normalized spacial score (nSPS) is 16.3. The van der Waals surface area contributed by atoms with E-state index in [0.717, 1.165) is 31.3 Å². The highest BCUT2D eigenvalue weighted by molar-refractivity contribution is 5.77. The first-order chi connectivity index (χ1) is 13.0. The molecule has 1 aliphatic heterocycles. The third-order valence-corrected chi connectivity index (χ3v) is 4.72. The van der Waals surface area contributed by atoms with Gasteiger partial charge in [-0.1, -0.05) is 0 Å². The van der Waals surface area contributed by atoms with Gasteiger partial charge in [-0.25, -0.2) is 9.59 Å². The van der Waals surface area contributed by atoms with Crippen molar-refractivity contribution in [3.63, 3.8) is 0 Å². The molecule has 0 spiro atoms. The van der Waals surface area contributed by atoms with Gasteiger partial charge in [0.2, 0.25) is 0 Å². The van der Waals surface area contributed by atoms with E-state index in [9.17, 15) is 9.59 Å². The Hall–Kier alpha value is -2.54. The molecule has 0 aliphatic carbocycles. The number of amides is 2. The van der Waals surface area contributed by atoms with E-state index >= 15 is 0 Å². The molecular weight excluding hydrogens is 346 g/mol. The van der Waals surface area contributed by atoms with Crippen LogP contribution in [0, 0.1) is 0 Å². The molecule has 1 fully saturated rings. The number of hydrogen-bond acceptors (Lipinski definition) is 5. The molecule has 0 saturated carbocycles. The number of nitrogens with zero attached hydrogens (tertiary/aromatic N) is 1. The molecule has 1 aliphatic rings. The highest BCUT2D eigenvalue weighted by atomic mass is 16.5. The second kappa shape index (κ2) is 8.90. The lowest BCUT2D eigenvalue weighted by Crippen LogP contribution is -2.50. The van der Waals surface area contributed by atoms with Crippen molar-refractivity contribution in [3.05, 3.63) is 40.8 Å². The molecule has 1 saturated heterocycles. The Morgan fingerprint density at radius 2 is 2.04 bits per heavy atom. The Morgan fingerprint density at radius 1 is 1.30 bits per heavy atom. The van der Waals surface area contributed by atoms with Crippen LogP contribution in [0.5, 0.6) is 5.75 Å². The summed E-state index contributed by atoms with van der Waals surface area (Å²) >= 11 is 0. The average Bonchev–Trinajstić information content (AvgIpc) is 2.66. The minimum atomic E-state index is -0.367. The van der Waals surface area contributed by atoms with E-state index in [0.29, 0.717) is 30.5 Å². The minimum Gasteiger partial charge on any atom is -0.492 e. The van der Waals surface area contributed by atoms with Gasteiger partial charge in [0, 0.05) is 49.2 Å². The number of carbonyl (C=O) groups is 1. The maximum atomic E-state index is 11.8. The van der Waals surface area contributed by atoms with Crippen LogP contribution in [-0.2, 0) is 0 Å². The number of piperidine rings is 1. The van der Waals surface area contributed by atoms with Gasteiger partial charge in [0.1, 0.15) is 17.9 Å². The first-order valence-corrected chi connectivity index (χ1v) is 9.50. The zero-order valence-electron chi connectivity index (χ0n) is 15.9. The number of benzene rings is 1. The summed E-state index contributed by atoms with van der Waals surface area (Å²) in [7, 11) is 0. The third-order valence-electron chi connectivity index (χ3n) is 4.72. The lowest BCUT2D eigenvalue weighted by Gasteiger charge is -2.33. The number of carbonyl (C=O) groups excluding carboxylic acids is 1. The van der Waals surface area contributed by atoms with E-state index < -0.39 is 0 Å². The molecule has 1 aromatic heterocycles. The summed E-state index contributed by atoms with van der Waals surface area (Å²) in [5.41, 5.74) is 0.159. The predicted molar refractivity (Wildman–Crippen MR) is 104 cm³/mol. The van der Waals surface area contributed by atoms with Crippen LogP contribution in [0.15, 0.2) is 39.5 Å². The third kappa shape index (κ3) is 5.23. The lowest BCUT2D eigenvalue weighted by atomic mass is 10.0. The van der Waals surface area contributed by atoms with Gasteiger partial charge in [0.25, 0.3) is 0 Å². The van der Waals surface area contributed by atoms with Gasteiger partial charge in [-0.05, 0) is 44.9 Å². The molecule has 2 aromatic rings. The van der Waals surface area contributed by atoms with Gasteiger partial charge in [0.15, 0.2) is 0 Å². The molecule has 3 rings (SSSR count). The Labute approximate surface area is 158 Å². The monoisotopic (exact) mass is 373 g/mol. The van der Waals surface area contributed by atoms with E-state index in [1.807, 2.05) is 24.0 Å². The Morgan fingerprint density at radius 3 is 2.78 bits per heavy atom. The second-order valence-electron chi connectivity index (χ2n) is 6.93. The fraction of sp³-hybridized carbons (Fsp3) is 0.500. The highest BCUT2D eigenvalue weighted by Gasteiger charge is 2.23. The van der Waals surface area contributed by atoms with Gasteiger partial charge in [-0.15, -0.1) is 0 Å². The van der Waals surface area contributed by atoms with Crippen molar-refractivity contribution in [2.75, 3.05) is 26.2 Å². The molecule has 27 heavy (non-hydrogen) atoms. The number of fused-ring (bicyclic) bond motifs is 1. The van der Waals surface area contributed by atoms with Crippen molar-refractivity contribution in [3.8, 4) is 5.75 Å². The van der Waals surface area contributed by atoms with Crippen molar-refractivity contribution in [2.24, 2.45) is 0 Å². The summed E-state index contributed by atoms with van der Waals surface area (Å²) in [4.78, 5) is 25.1. The second-order valence-corrected chi connectivity index (χ2v) is 6.93. The summed E-state index contributed by atoms with van der Waals surface area (Å²) in [6.07, 6.45) is 1.87. The number of nitrogens with one attached hydrogen (secondary N) is 2. The molecule has 0 unspecified atom stereocenters. The summed E-state index contributed by atoms with van der Waals surface area (Å²) in [6.45, 7) is 6.71. The molecule has 7 heteroatoms. The maximum Gasteiger partial charge on any atom is 0.336 e. The van der Waals surface area contributed by atoms with Crippen LogP contribution in [0.1, 0.15) is 26.7 Å². The van der Waals surface area contributed by atoms with E-state index in [1.165, 1.54) is 6.07 Å². The van der Waals surface area contributed by atoms with Crippen LogP contribution in [0.2, 0.25) is 0 Å². The minimum absolute atomic E-state index is 0.0234. The molecule has 1 aromatic carbocycles. The fourth-order valence-electron chi connectivity index (χ4n) is 3.31. The quantitative estimate of drug-likeness (QED) is 0.760. The zero-order valence-corrected chi connectivity index (χ0v) is 15.9. The van der Waals surface area contributed by atoms with E-state index in [-0.39, 0.29) is 17.7 Å². The molecule has 2 heterocycles. The Bertz CT molecular complexity index is 827. The molecule has 1 atom stereocenters. The van der Waals surface area contributed by atoms with Crippen molar-refractivity contribution in [1.82, 2.24) is 15.5 Å². The average molecular weight is 373 g/mol. The van der Waals surface area contributed by atoms with Crippen LogP contribution in [0.4, 0.5) is 4.79 Å². The zero-order chi connectivity index (χ0) is 19.2. The summed E-state index contributed by atoms with van der Waals surface area (Å²) in [5.74, 6) is 0.677. The number of hydrogen-bond donors (Lipinski definition) is 2. The standard InChI is InChI=1S/C20H27N3O4/c1-3-21-20(25)23-10-8-16(9-11-23)22-14(2)13-26-17-6-4-15-5-7-19(24)27-18(15)12-17/h4-7,12,14,16,22H,3,8-11,13H2,1-2H3,(H,21,25)/t14-/m1/s1. The van der Waals surface area contributed by atoms with Gasteiger partial charge >= 0.3 is 11.7 Å². The highest BCUT2D eigenvalue weighted by Crippen LogP contribution is 2.19. The summed E-state index contributed by atoms with van der Waals surface area (Å²) in [6, 6.07) is 9.22. The topological polar surface area (TPSA) is 83.8 Å². The van der Waals surface area contributed by atoms with E-state index in [2.05, 4.69) is 17.6 Å². The summed E-state index contributed by atoms with van der Waals surface area (Å²) in [5, 5.41) is 7.28. The van der Waals surface area contributed by atoms with Crippen LogP contribution >= 0.6 is 0 Å². The molecule has 7 nitrogen and oxygen atoms in total. The number of ether oxygens (including phenoxy) is 1. The van der Waals surface area contributed by atoms with E-state index in [4.69, 9.17) is 9.15 Å². The van der Waals surface area contributed by atoms with Gasteiger partial charge in [0.05, 0.1) is 0 Å². The van der Waals surface area contributed by atoms with Crippen molar-refractivity contribution in [2.45, 2.75) is 38.8 Å². The van der Waals surface area contributed by atoms with Crippen LogP contribution in [-0.4, -0.2) is 49.3 Å². The Balaban J connectivity index is 1.45. The smallest absolute Gasteiger partial charge is 0.336 e. The van der Waals surface area contributed by atoms with Crippen LogP contribution < -0.4 is 21.0 Å². The van der Waals surface area contributed by atoms with Gasteiger partial charge < -0.3 is 24.7 Å². The largest absolute Gasteiger partial charge is 0.492 e. The van der Waals surface area contributed by atoms with Crippen LogP contribution in [0.25, 0.3) is 11.0 Å². The first-order valence-electron chi connectivity index (χ1n) is 9.50. The lowest BCUT2D eigenvalue weighted by molar-refractivity contribution is 0.170. The predicted octanol–water partition coefficient (Wildman–Crippen LogP) is 2.34. The number of likely N-dealkylation sites (tertiary alicyclic amines) is 1. The maximum absolute atomic E-state index is 11.8. The van der Waals surface area contributed by atoms with Crippen LogP contribution in [0.3, 0.4) is 0 Å². The van der Waals surface area contributed by atoms with Crippen molar-refractivity contribution >= 4 is 17.0 Å². The molecule has 146 valence electrons. The van der Waals surface area contributed by atoms with Gasteiger partial charge in [-0.3, -0.25) is 0 Å². The fourth-order valence-corrected chi connectivity index (χ4v) is 3.31.